The molecule has 0 aliphatic rings. The molecule has 0 heterocycles. The van der Waals surface area contributed by atoms with Gasteiger partial charge in [-0.05, 0) is 25.5 Å². The highest BCUT2D eigenvalue weighted by molar-refractivity contribution is 8.00. The molecule has 110 valence electrons. The van der Waals surface area contributed by atoms with Crippen molar-refractivity contribution in [2.45, 2.75) is 31.3 Å². The van der Waals surface area contributed by atoms with E-state index in [9.17, 15) is 9.59 Å². The molecule has 1 aromatic carbocycles. The Kier molecular flexibility index (Phi) is 6.54. The van der Waals surface area contributed by atoms with E-state index in [1.165, 1.54) is 11.8 Å². The molecule has 1 atom stereocenters. The summed E-state index contributed by atoms with van der Waals surface area (Å²) in [7, 11) is 0. The minimum absolute atomic E-state index is 0.00914. The molecular formula is C14H19NO4S. The number of hydrogen-bond acceptors (Lipinski definition) is 4. The van der Waals surface area contributed by atoms with Crippen molar-refractivity contribution in [3.8, 4) is 0 Å². The Morgan fingerprint density at radius 3 is 2.70 bits per heavy atom. The third-order valence-corrected chi connectivity index (χ3v) is 3.88. The number of benzene rings is 1. The Balaban J connectivity index is 2.33. The summed E-state index contributed by atoms with van der Waals surface area (Å²) in [6, 6.07) is 6.06. The van der Waals surface area contributed by atoms with Crippen molar-refractivity contribution >= 4 is 23.6 Å². The lowest BCUT2D eigenvalue weighted by atomic mass is 10.2. The fourth-order valence-corrected chi connectivity index (χ4v) is 2.48. The van der Waals surface area contributed by atoms with Crippen molar-refractivity contribution in [2.24, 2.45) is 0 Å². The second kappa shape index (κ2) is 7.91. The third-order valence-electron chi connectivity index (χ3n) is 2.73. The number of aliphatic hydroxyl groups is 1. The quantitative estimate of drug-likeness (QED) is 0.661. The zero-order valence-electron chi connectivity index (χ0n) is 11.5. The van der Waals surface area contributed by atoms with Crippen LogP contribution >= 0.6 is 11.8 Å². The minimum Gasteiger partial charge on any atom is -0.479 e. The zero-order valence-corrected chi connectivity index (χ0v) is 12.4. The molecule has 0 fully saturated rings. The van der Waals surface area contributed by atoms with E-state index in [4.69, 9.17) is 10.2 Å². The summed E-state index contributed by atoms with van der Waals surface area (Å²) >= 11 is 1.44. The first-order valence-electron chi connectivity index (χ1n) is 6.27. The second-order valence-electron chi connectivity index (χ2n) is 4.55. The molecule has 1 aromatic rings. The number of carboxylic acid groups (broad SMARTS) is 1. The van der Waals surface area contributed by atoms with Gasteiger partial charge in [0.1, 0.15) is 0 Å². The van der Waals surface area contributed by atoms with Gasteiger partial charge in [-0.25, -0.2) is 4.79 Å². The number of thioether (sulfide) groups is 1. The van der Waals surface area contributed by atoms with Gasteiger partial charge in [0.2, 0.25) is 5.91 Å². The van der Waals surface area contributed by atoms with Crippen LogP contribution in [0.3, 0.4) is 0 Å². The molecule has 3 N–H and O–H groups in total. The zero-order chi connectivity index (χ0) is 15.1. The predicted molar refractivity (Wildman–Crippen MR) is 77.9 cm³/mol. The maximum atomic E-state index is 11.6. The van der Waals surface area contributed by atoms with Crippen LogP contribution < -0.4 is 5.32 Å². The molecule has 0 aliphatic heterocycles. The fraction of sp³-hybridized carbons (Fsp3) is 0.429. The number of carbonyl (C=O) groups excluding carboxylic acids is 1. The number of aliphatic carboxylic acids is 1. The first-order valence-corrected chi connectivity index (χ1v) is 7.26. The van der Waals surface area contributed by atoms with Crippen molar-refractivity contribution in [2.75, 3.05) is 12.3 Å². The summed E-state index contributed by atoms with van der Waals surface area (Å²) in [5.41, 5.74) is 2.26. The number of aryl methyl sites for hydroxylation is 2. The fourth-order valence-electron chi connectivity index (χ4n) is 1.53. The van der Waals surface area contributed by atoms with Crippen LogP contribution in [-0.4, -0.2) is 40.5 Å². The summed E-state index contributed by atoms with van der Waals surface area (Å²) in [4.78, 5) is 23.1. The van der Waals surface area contributed by atoms with Crippen molar-refractivity contribution in [1.82, 2.24) is 5.32 Å². The van der Waals surface area contributed by atoms with E-state index >= 15 is 0 Å². The van der Waals surface area contributed by atoms with Gasteiger partial charge in [-0.1, -0.05) is 17.7 Å². The van der Waals surface area contributed by atoms with Crippen LogP contribution in [-0.2, 0) is 9.59 Å². The van der Waals surface area contributed by atoms with Crippen LogP contribution in [0.5, 0.6) is 0 Å². The molecule has 0 saturated heterocycles. The Labute approximate surface area is 122 Å². The number of carboxylic acids is 1. The van der Waals surface area contributed by atoms with E-state index < -0.39 is 12.1 Å². The average Bonchev–Trinajstić information content (AvgIpc) is 2.39. The first-order chi connectivity index (χ1) is 9.40. The number of aliphatic hydroxyl groups excluding tert-OH is 1. The summed E-state index contributed by atoms with van der Waals surface area (Å²) < 4.78 is 0. The molecule has 6 heteroatoms. The minimum atomic E-state index is -1.43. The maximum absolute atomic E-state index is 11.6. The molecule has 0 bridgehead atoms. The van der Waals surface area contributed by atoms with Gasteiger partial charge in [-0.2, -0.15) is 0 Å². The molecule has 0 aliphatic carbocycles. The number of amides is 1. The van der Waals surface area contributed by atoms with Gasteiger partial charge >= 0.3 is 5.97 Å². The Morgan fingerprint density at radius 1 is 1.35 bits per heavy atom. The molecule has 0 aromatic heterocycles. The number of carbonyl (C=O) groups is 2. The van der Waals surface area contributed by atoms with Gasteiger partial charge in [0.05, 0.1) is 5.75 Å². The van der Waals surface area contributed by atoms with E-state index in [1.54, 1.807) is 0 Å². The first kappa shape index (κ1) is 16.5. The highest BCUT2D eigenvalue weighted by Crippen LogP contribution is 2.23. The monoisotopic (exact) mass is 297 g/mol. The van der Waals surface area contributed by atoms with Crippen molar-refractivity contribution in [3.63, 3.8) is 0 Å². The molecule has 1 rings (SSSR count). The van der Waals surface area contributed by atoms with E-state index in [1.807, 2.05) is 32.0 Å². The van der Waals surface area contributed by atoms with Crippen LogP contribution in [0.25, 0.3) is 0 Å². The van der Waals surface area contributed by atoms with E-state index in [-0.39, 0.29) is 24.6 Å². The molecule has 0 radical (unpaired) electrons. The van der Waals surface area contributed by atoms with Crippen molar-refractivity contribution < 1.29 is 19.8 Å². The molecule has 0 spiro atoms. The van der Waals surface area contributed by atoms with Gasteiger partial charge in [0.15, 0.2) is 6.10 Å². The van der Waals surface area contributed by atoms with Gasteiger partial charge in [0, 0.05) is 17.9 Å². The summed E-state index contributed by atoms with van der Waals surface area (Å²) in [6.07, 6.45) is -1.42. The smallest absolute Gasteiger partial charge is 0.332 e. The number of hydrogen-bond donors (Lipinski definition) is 3. The van der Waals surface area contributed by atoms with E-state index in [2.05, 4.69) is 5.32 Å². The van der Waals surface area contributed by atoms with Crippen LogP contribution in [0.1, 0.15) is 17.5 Å². The van der Waals surface area contributed by atoms with Gasteiger partial charge in [0.25, 0.3) is 0 Å². The second-order valence-corrected chi connectivity index (χ2v) is 5.57. The highest BCUT2D eigenvalue weighted by atomic mass is 32.2. The highest BCUT2D eigenvalue weighted by Gasteiger charge is 2.13. The Hall–Kier alpha value is -1.53. The lowest BCUT2D eigenvalue weighted by molar-refractivity contribution is -0.147. The third kappa shape index (κ3) is 5.63. The van der Waals surface area contributed by atoms with E-state index in [0.717, 1.165) is 16.0 Å². The predicted octanol–water partition coefficient (Wildman–Crippen LogP) is 1.35. The van der Waals surface area contributed by atoms with E-state index in [0.29, 0.717) is 0 Å². The van der Waals surface area contributed by atoms with Crippen molar-refractivity contribution in [3.05, 3.63) is 29.3 Å². The lowest BCUT2D eigenvalue weighted by Crippen LogP contribution is -2.31. The van der Waals surface area contributed by atoms with Crippen LogP contribution in [0.2, 0.25) is 0 Å². The normalized spacial score (nSPS) is 11.9. The van der Waals surface area contributed by atoms with Crippen LogP contribution in [0.15, 0.2) is 23.1 Å². The van der Waals surface area contributed by atoms with Gasteiger partial charge in [-0.15, -0.1) is 11.8 Å². The molecule has 20 heavy (non-hydrogen) atoms. The number of rotatable bonds is 7. The average molecular weight is 297 g/mol. The summed E-state index contributed by atoms with van der Waals surface area (Å²) in [6.45, 7) is 4.14. The molecular weight excluding hydrogens is 278 g/mol. The summed E-state index contributed by atoms with van der Waals surface area (Å²) in [5, 5.41) is 20.1. The molecule has 5 nitrogen and oxygen atoms in total. The number of nitrogens with one attached hydrogen (secondary N) is 1. The van der Waals surface area contributed by atoms with Gasteiger partial charge in [-0.3, -0.25) is 4.79 Å². The topological polar surface area (TPSA) is 86.6 Å². The van der Waals surface area contributed by atoms with Crippen LogP contribution in [0, 0.1) is 13.8 Å². The lowest BCUT2D eigenvalue weighted by Gasteiger charge is -2.09. The summed E-state index contributed by atoms with van der Waals surface area (Å²) in [5.74, 6) is -1.18. The Bertz CT molecular complexity index is 490. The molecule has 0 saturated carbocycles. The van der Waals surface area contributed by atoms with Crippen molar-refractivity contribution in [1.29, 1.82) is 0 Å². The van der Waals surface area contributed by atoms with Gasteiger partial charge < -0.3 is 15.5 Å². The van der Waals surface area contributed by atoms with Crippen LogP contribution in [0.4, 0.5) is 0 Å². The molecule has 0 unspecified atom stereocenters. The standard InChI is InChI=1S/C14H19NO4S/c1-9-3-4-10(2)12(7-9)20-8-13(17)15-6-5-11(16)14(18)19/h3-4,7,11,16H,5-6,8H2,1-2H3,(H,15,17)(H,18,19)/t11-/m0/s1. The largest absolute Gasteiger partial charge is 0.479 e. The molecule has 1 amide bonds. The Morgan fingerprint density at radius 2 is 2.05 bits per heavy atom. The maximum Gasteiger partial charge on any atom is 0.332 e. The SMILES string of the molecule is Cc1ccc(C)c(SCC(=O)NCC[C@H](O)C(=O)O)c1.